The summed E-state index contributed by atoms with van der Waals surface area (Å²) >= 11 is 5.45. The number of nitrogens with zero attached hydrogens (tertiary/aromatic N) is 1. The van der Waals surface area contributed by atoms with Crippen molar-refractivity contribution in [1.29, 1.82) is 0 Å². The minimum Gasteiger partial charge on any atom is -0.497 e. The Morgan fingerprint density at radius 1 is 1.37 bits per heavy atom. The molecule has 0 bridgehead atoms. The maximum Gasteiger partial charge on any atom is 0.243 e. The molecule has 1 aliphatic rings. The molecule has 0 spiro atoms. The first-order valence-electron chi connectivity index (χ1n) is 5.82. The molecular formula is C12H14ClNO4S. The number of carbonyl (C=O) groups is 1. The first kappa shape index (κ1) is 14.3. The SMILES string of the molecule is COc1ccc(S(=O)(=O)N2CCC[C@H]2C(=O)Cl)cc1. The van der Waals surface area contributed by atoms with E-state index in [0.29, 0.717) is 25.1 Å². The molecule has 7 heteroatoms. The van der Waals surface area contributed by atoms with Gasteiger partial charge in [-0.25, -0.2) is 8.42 Å². The van der Waals surface area contributed by atoms with Crippen LogP contribution in [0.2, 0.25) is 0 Å². The molecular weight excluding hydrogens is 290 g/mol. The highest BCUT2D eigenvalue weighted by molar-refractivity contribution is 7.89. The lowest BCUT2D eigenvalue weighted by molar-refractivity contribution is -0.114. The van der Waals surface area contributed by atoms with Crippen molar-refractivity contribution in [3.8, 4) is 5.75 Å². The Balaban J connectivity index is 2.33. The summed E-state index contributed by atoms with van der Waals surface area (Å²) in [7, 11) is -2.18. The van der Waals surface area contributed by atoms with E-state index in [-0.39, 0.29) is 4.90 Å². The Kier molecular flexibility index (Phi) is 4.13. The average molecular weight is 304 g/mol. The van der Waals surface area contributed by atoms with E-state index in [2.05, 4.69) is 0 Å². The molecule has 1 aromatic carbocycles. The van der Waals surface area contributed by atoms with Gasteiger partial charge in [-0.2, -0.15) is 4.31 Å². The van der Waals surface area contributed by atoms with E-state index >= 15 is 0 Å². The smallest absolute Gasteiger partial charge is 0.243 e. The van der Waals surface area contributed by atoms with Crippen LogP contribution in [0.4, 0.5) is 0 Å². The van der Waals surface area contributed by atoms with E-state index in [0.717, 1.165) is 0 Å². The molecule has 1 heterocycles. The highest BCUT2D eigenvalue weighted by Crippen LogP contribution is 2.28. The third-order valence-electron chi connectivity index (χ3n) is 3.13. The molecule has 1 aromatic rings. The van der Waals surface area contributed by atoms with Crippen molar-refractivity contribution in [2.75, 3.05) is 13.7 Å². The number of hydrogen-bond donors (Lipinski definition) is 0. The second-order valence-corrected chi connectivity index (χ2v) is 6.52. The van der Waals surface area contributed by atoms with E-state index in [4.69, 9.17) is 16.3 Å². The van der Waals surface area contributed by atoms with Crippen LogP contribution in [0.3, 0.4) is 0 Å². The van der Waals surface area contributed by atoms with Crippen molar-refractivity contribution < 1.29 is 17.9 Å². The summed E-state index contributed by atoms with van der Waals surface area (Å²) in [5, 5.41) is -0.630. The molecule has 0 amide bonds. The molecule has 1 saturated heterocycles. The molecule has 0 radical (unpaired) electrons. The molecule has 1 atom stereocenters. The Morgan fingerprint density at radius 3 is 2.53 bits per heavy atom. The molecule has 0 aromatic heterocycles. The summed E-state index contributed by atoms with van der Waals surface area (Å²) in [5.74, 6) is 0.574. The Labute approximate surface area is 117 Å². The predicted octanol–water partition coefficient (Wildman–Crippen LogP) is 1.61. The Morgan fingerprint density at radius 2 is 2.00 bits per heavy atom. The molecule has 2 rings (SSSR count). The molecule has 104 valence electrons. The van der Waals surface area contributed by atoms with Gasteiger partial charge >= 0.3 is 0 Å². The van der Waals surface area contributed by atoms with Crippen molar-refractivity contribution in [1.82, 2.24) is 4.31 Å². The summed E-state index contributed by atoms with van der Waals surface area (Å²) < 4.78 is 31.0. The largest absolute Gasteiger partial charge is 0.497 e. The van der Waals surface area contributed by atoms with Gasteiger partial charge < -0.3 is 4.74 Å². The quantitative estimate of drug-likeness (QED) is 0.793. The highest BCUT2D eigenvalue weighted by atomic mass is 35.5. The minimum absolute atomic E-state index is 0.137. The van der Waals surface area contributed by atoms with Crippen LogP contribution in [0.25, 0.3) is 0 Å². The number of halogens is 1. The molecule has 5 nitrogen and oxygen atoms in total. The average Bonchev–Trinajstić information content (AvgIpc) is 2.89. The number of methoxy groups -OCH3 is 1. The van der Waals surface area contributed by atoms with Gasteiger partial charge in [0.05, 0.1) is 18.0 Å². The number of rotatable bonds is 4. The fraction of sp³-hybridized carbons (Fsp3) is 0.417. The van der Waals surface area contributed by atoms with Gasteiger partial charge in [0.25, 0.3) is 0 Å². The van der Waals surface area contributed by atoms with Gasteiger partial charge in [0, 0.05) is 6.54 Å². The zero-order valence-electron chi connectivity index (χ0n) is 10.4. The van der Waals surface area contributed by atoms with Crippen LogP contribution in [0.15, 0.2) is 29.2 Å². The van der Waals surface area contributed by atoms with Crippen molar-refractivity contribution in [2.24, 2.45) is 0 Å². The van der Waals surface area contributed by atoms with Crippen LogP contribution in [0.5, 0.6) is 5.75 Å². The molecule has 0 aliphatic carbocycles. The summed E-state index contributed by atoms with van der Waals surface area (Å²) in [5.41, 5.74) is 0. The fourth-order valence-electron chi connectivity index (χ4n) is 2.14. The maximum atomic E-state index is 12.4. The number of benzene rings is 1. The number of carbonyl (C=O) groups excluding carboxylic acids is 1. The van der Waals surface area contributed by atoms with Crippen molar-refractivity contribution in [3.63, 3.8) is 0 Å². The predicted molar refractivity (Wildman–Crippen MR) is 70.8 cm³/mol. The Bertz CT molecular complexity index is 570. The third-order valence-corrected chi connectivity index (χ3v) is 5.31. The summed E-state index contributed by atoms with van der Waals surface area (Å²) in [6.45, 7) is 0.317. The molecule has 19 heavy (non-hydrogen) atoms. The van der Waals surface area contributed by atoms with E-state index in [1.54, 1.807) is 12.1 Å². The normalized spacial score (nSPS) is 20.4. The highest BCUT2D eigenvalue weighted by Gasteiger charge is 2.38. The van der Waals surface area contributed by atoms with Gasteiger partial charge in [-0.05, 0) is 48.7 Å². The standard InChI is InChI=1S/C12H14ClNO4S/c1-18-9-4-6-10(7-5-9)19(16,17)14-8-2-3-11(14)12(13)15/h4-7,11H,2-3,8H2,1H3/t11-/m0/s1. The summed E-state index contributed by atoms with van der Waals surface area (Å²) in [6, 6.07) is 5.31. The second kappa shape index (κ2) is 5.48. The third kappa shape index (κ3) is 2.75. The van der Waals surface area contributed by atoms with Gasteiger partial charge in [0.2, 0.25) is 15.3 Å². The van der Waals surface area contributed by atoms with Crippen LogP contribution in [-0.2, 0) is 14.8 Å². The molecule has 0 N–H and O–H groups in total. The topological polar surface area (TPSA) is 63.7 Å². The summed E-state index contributed by atoms with van der Waals surface area (Å²) in [4.78, 5) is 11.4. The van der Waals surface area contributed by atoms with Crippen LogP contribution >= 0.6 is 11.6 Å². The molecule has 1 fully saturated rings. The molecule has 0 saturated carbocycles. The molecule has 1 aliphatic heterocycles. The van der Waals surface area contributed by atoms with Crippen LogP contribution in [-0.4, -0.2) is 37.7 Å². The van der Waals surface area contributed by atoms with E-state index in [9.17, 15) is 13.2 Å². The number of ether oxygens (including phenoxy) is 1. The maximum absolute atomic E-state index is 12.4. The zero-order valence-corrected chi connectivity index (χ0v) is 11.9. The van der Waals surface area contributed by atoms with Crippen LogP contribution in [0, 0.1) is 0 Å². The van der Waals surface area contributed by atoms with Crippen LogP contribution < -0.4 is 4.74 Å². The van der Waals surface area contributed by atoms with Gasteiger partial charge in [-0.1, -0.05) is 0 Å². The van der Waals surface area contributed by atoms with Crippen LogP contribution in [0.1, 0.15) is 12.8 Å². The first-order chi connectivity index (χ1) is 8.96. The van der Waals surface area contributed by atoms with Crippen molar-refractivity contribution in [2.45, 2.75) is 23.8 Å². The van der Waals surface area contributed by atoms with Crippen molar-refractivity contribution in [3.05, 3.63) is 24.3 Å². The lowest BCUT2D eigenvalue weighted by atomic mass is 10.2. The number of sulfonamides is 1. The summed E-state index contributed by atoms with van der Waals surface area (Å²) in [6.07, 6.45) is 1.11. The number of hydrogen-bond acceptors (Lipinski definition) is 4. The second-order valence-electron chi connectivity index (χ2n) is 4.25. The Hall–Kier alpha value is -1.11. The van der Waals surface area contributed by atoms with E-state index in [1.165, 1.54) is 23.5 Å². The van der Waals surface area contributed by atoms with E-state index in [1.807, 2.05) is 0 Å². The van der Waals surface area contributed by atoms with Crippen molar-refractivity contribution >= 4 is 26.9 Å². The monoisotopic (exact) mass is 303 g/mol. The van der Waals surface area contributed by atoms with Gasteiger partial charge in [0.15, 0.2) is 0 Å². The van der Waals surface area contributed by atoms with Gasteiger partial charge in [-0.15, -0.1) is 0 Å². The lowest BCUT2D eigenvalue weighted by Gasteiger charge is -2.21. The first-order valence-corrected chi connectivity index (χ1v) is 7.64. The van der Waals surface area contributed by atoms with Gasteiger partial charge in [0.1, 0.15) is 5.75 Å². The fourth-order valence-corrected chi connectivity index (χ4v) is 4.08. The molecule has 0 unspecified atom stereocenters. The lowest BCUT2D eigenvalue weighted by Crippen LogP contribution is -2.38. The van der Waals surface area contributed by atoms with E-state index < -0.39 is 21.3 Å². The minimum atomic E-state index is -3.69. The zero-order chi connectivity index (χ0) is 14.0. The van der Waals surface area contributed by atoms with Gasteiger partial charge in [-0.3, -0.25) is 4.79 Å².